The van der Waals surface area contributed by atoms with E-state index in [9.17, 15) is 0 Å². The summed E-state index contributed by atoms with van der Waals surface area (Å²) in [6.45, 7) is 7.53. The summed E-state index contributed by atoms with van der Waals surface area (Å²) in [5, 5.41) is 12.3. The first-order chi connectivity index (χ1) is 5.27. The highest BCUT2D eigenvalue weighted by atomic mass is 31.1. The lowest BCUT2D eigenvalue weighted by Crippen LogP contribution is -2.38. The van der Waals surface area contributed by atoms with Gasteiger partial charge in [-0.1, -0.05) is 0 Å². The van der Waals surface area contributed by atoms with E-state index < -0.39 is 0 Å². The molecule has 0 radical (unpaired) electrons. The number of aliphatic hydroxyl groups is 1. The third-order valence-electron chi connectivity index (χ3n) is 1.54. The molecule has 0 bridgehead atoms. The zero-order chi connectivity index (χ0) is 9.83. The topological polar surface area (TPSA) is 32.3 Å². The molecule has 2 N–H and O–H groups in total. The molecule has 74 valence electrons. The summed E-state index contributed by atoms with van der Waals surface area (Å²) in [6, 6.07) is 0. The summed E-state index contributed by atoms with van der Waals surface area (Å²) in [6.07, 6.45) is 0.941. The standard InChI is InChI=1S/C8H21NOP2/c1-7(2,3)9-5-4-8(11,12)6-10/h9-10H,4-6,11-12H2,1-3H3. The number of rotatable bonds is 4. The van der Waals surface area contributed by atoms with Gasteiger partial charge in [-0.2, -0.15) is 0 Å². The van der Waals surface area contributed by atoms with E-state index in [-0.39, 0.29) is 17.0 Å². The summed E-state index contributed by atoms with van der Waals surface area (Å²) in [5.41, 5.74) is 0.168. The van der Waals surface area contributed by atoms with Crippen LogP contribution in [0.2, 0.25) is 0 Å². The first-order valence-electron chi connectivity index (χ1n) is 4.20. The van der Waals surface area contributed by atoms with Crippen molar-refractivity contribution in [3.05, 3.63) is 0 Å². The van der Waals surface area contributed by atoms with Gasteiger partial charge in [0.15, 0.2) is 0 Å². The van der Waals surface area contributed by atoms with Crippen molar-refractivity contribution in [1.82, 2.24) is 5.32 Å². The van der Waals surface area contributed by atoms with E-state index in [1.165, 1.54) is 0 Å². The third-order valence-corrected chi connectivity index (χ3v) is 2.48. The van der Waals surface area contributed by atoms with Gasteiger partial charge in [0, 0.05) is 10.4 Å². The van der Waals surface area contributed by atoms with Crippen molar-refractivity contribution in [2.75, 3.05) is 13.2 Å². The van der Waals surface area contributed by atoms with Crippen molar-refractivity contribution >= 4 is 18.5 Å². The van der Waals surface area contributed by atoms with E-state index in [1.807, 2.05) is 0 Å². The van der Waals surface area contributed by atoms with E-state index >= 15 is 0 Å². The normalized spacial score (nSPS) is 13.5. The molecule has 4 heteroatoms. The highest BCUT2D eigenvalue weighted by Crippen LogP contribution is 2.29. The van der Waals surface area contributed by atoms with E-state index in [1.54, 1.807) is 0 Å². The molecule has 0 fully saturated rings. The minimum Gasteiger partial charge on any atom is -0.395 e. The molecular weight excluding hydrogens is 188 g/mol. The average Bonchev–Trinajstić information content (AvgIpc) is 1.84. The highest BCUT2D eigenvalue weighted by Gasteiger charge is 2.17. The van der Waals surface area contributed by atoms with Crippen LogP contribution >= 0.6 is 18.5 Å². The number of nitrogens with one attached hydrogen (secondary N) is 1. The molecule has 0 aliphatic rings. The van der Waals surface area contributed by atoms with Gasteiger partial charge in [0.2, 0.25) is 0 Å². The fourth-order valence-corrected chi connectivity index (χ4v) is 1.04. The number of hydrogen-bond donors (Lipinski definition) is 2. The fraction of sp³-hybridized carbons (Fsp3) is 1.00. The van der Waals surface area contributed by atoms with Gasteiger partial charge in [-0.25, -0.2) is 0 Å². The molecule has 2 unspecified atom stereocenters. The molecule has 0 heterocycles. The molecule has 0 aliphatic heterocycles. The molecule has 0 aliphatic carbocycles. The van der Waals surface area contributed by atoms with Crippen LogP contribution in [-0.2, 0) is 0 Å². The largest absolute Gasteiger partial charge is 0.395 e. The van der Waals surface area contributed by atoms with Gasteiger partial charge in [0.05, 0.1) is 6.61 Å². The second-order valence-corrected chi connectivity index (χ2v) is 7.28. The Hall–Kier alpha value is 0.780. The minimum absolute atomic E-state index is 0.113. The first-order valence-corrected chi connectivity index (χ1v) is 5.36. The SMILES string of the molecule is CC(C)(C)NCCC(P)(P)CO. The molecular formula is C8H21NOP2. The van der Waals surface area contributed by atoms with Crippen LogP contribution in [-0.4, -0.2) is 28.7 Å². The van der Waals surface area contributed by atoms with E-state index in [0.717, 1.165) is 13.0 Å². The summed E-state index contributed by atoms with van der Waals surface area (Å²) < 4.78 is 0. The molecule has 0 rings (SSSR count). The molecule has 0 aromatic rings. The van der Waals surface area contributed by atoms with Crippen molar-refractivity contribution < 1.29 is 5.11 Å². The van der Waals surface area contributed by atoms with Gasteiger partial charge in [0.25, 0.3) is 0 Å². The highest BCUT2D eigenvalue weighted by molar-refractivity contribution is 7.39. The predicted molar refractivity (Wildman–Crippen MR) is 61.6 cm³/mol. The second kappa shape index (κ2) is 4.86. The van der Waals surface area contributed by atoms with Crippen molar-refractivity contribution in [3.8, 4) is 0 Å². The summed E-state index contributed by atoms with van der Waals surface area (Å²) in [5.74, 6) is 0. The average molecular weight is 209 g/mol. The number of hydrogen-bond acceptors (Lipinski definition) is 2. The van der Waals surface area contributed by atoms with Gasteiger partial charge >= 0.3 is 0 Å². The molecule has 2 atom stereocenters. The molecule has 0 spiro atoms. The van der Waals surface area contributed by atoms with Crippen molar-refractivity contribution in [3.63, 3.8) is 0 Å². The first kappa shape index (κ1) is 12.8. The van der Waals surface area contributed by atoms with Crippen LogP contribution in [0.3, 0.4) is 0 Å². The lowest BCUT2D eigenvalue weighted by molar-refractivity contribution is 0.274. The number of aliphatic hydroxyl groups excluding tert-OH is 1. The van der Waals surface area contributed by atoms with Gasteiger partial charge in [0.1, 0.15) is 0 Å². The maximum atomic E-state index is 8.95. The van der Waals surface area contributed by atoms with Crippen molar-refractivity contribution in [2.45, 2.75) is 37.6 Å². The van der Waals surface area contributed by atoms with Gasteiger partial charge < -0.3 is 10.4 Å². The van der Waals surface area contributed by atoms with Crippen LogP contribution in [0.25, 0.3) is 0 Å². The van der Waals surface area contributed by atoms with E-state index in [4.69, 9.17) is 5.11 Å². The Morgan fingerprint density at radius 2 is 1.75 bits per heavy atom. The summed E-state index contributed by atoms with van der Waals surface area (Å²) >= 11 is 0. The predicted octanol–water partition coefficient (Wildman–Crippen LogP) is 1.20. The Balaban J connectivity index is 3.57. The van der Waals surface area contributed by atoms with Gasteiger partial charge in [-0.05, 0) is 33.7 Å². The van der Waals surface area contributed by atoms with Crippen molar-refractivity contribution in [1.29, 1.82) is 0 Å². The van der Waals surface area contributed by atoms with Crippen LogP contribution in [0.15, 0.2) is 0 Å². The maximum Gasteiger partial charge on any atom is 0.0556 e. The Morgan fingerprint density at radius 1 is 1.25 bits per heavy atom. The minimum atomic E-state index is -0.113. The molecule has 2 nitrogen and oxygen atoms in total. The maximum absolute atomic E-state index is 8.95. The fourth-order valence-electron chi connectivity index (χ4n) is 0.749. The zero-order valence-corrected chi connectivity index (χ0v) is 10.5. The van der Waals surface area contributed by atoms with Gasteiger partial charge in [-0.15, -0.1) is 18.5 Å². The Labute approximate surface area is 80.3 Å². The van der Waals surface area contributed by atoms with Crippen LogP contribution in [0.1, 0.15) is 27.2 Å². The Morgan fingerprint density at radius 3 is 2.08 bits per heavy atom. The van der Waals surface area contributed by atoms with Gasteiger partial charge in [-0.3, -0.25) is 0 Å². The van der Waals surface area contributed by atoms with Crippen LogP contribution in [0.4, 0.5) is 0 Å². The summed E-state index contributed by atoms with van der Waals surface area (Å²) in [7, 11) is 5.31. The van der Waals surface area contributed by atoms with Crippen LogP contribution in [0, 0.1) is 0 Å². The lowest BCUT2D eigenvalue weighted by atomic mass is 10.1. The molecule has 0 aromatic carbocycles. The molecule has 0 aromatic heterocycles. The monoisotopic (exact) mass is 209 g/mol. The molecule has 0 saturated carbocycles. The summed E-state index contributed by atoms with van der Waals surface area (Å²) in [4.78, 5) is -0.113. The van der Waals surface area contributed by atoms with Crippen molar-refractivity contribution in [2.24, 2.45) is 0 Å². The lowest BCUT2D eigenvalue weighted by Gasteiger charge is -2.25. The van der Waals surface area contributed by atoms with Crippen LogP contribution in [0.5, 0.6) is 0 Å². The van der Waals surface area contributed by atoms with E-state index in [2.05, 4.69) is 44.6 Å². The Bertz CT molecular complexity index is 132. The second-order valence-electron chi connectivity index (χ2n) is 4.32. The smallest absolute Gasteiger partial charge is 0.0556 e. The molecule has 0 amide bonds. The van der Waals surface area contributed by atoms with Crippen LogP contribution < -0.4 is 5.32 Å². The molecule has 0 saturated heterocycles. The molecule has 12 heavy (non-hydrogen) atoms. The van der Waals surface area contributed by atoms with E-state index in [0.29, 0.717) is 0 Å². The Kier molecular flexibility index (Phi) is 5.18. The third kappa shape index (κ3) is 7.43. The zero-order valence-electron chi connectivity index (χ0n) is 8.22. The quantitative estimate of drug-likeness (QED) is 0.682.